The van der Waals surface area contributed by atoms with Gasteiger partial charge in [-0.3, -0.25) is 14.5 Å². The number of hydrogen-bond donors (Lipinski definition) is 0. The second-order valence-electron chi connectivity index (χ2n) is 6.67. The third-order valence-electron chi connectivity index (χ3n) is 5.19. The number of halogens is 3. The molecule has 0 bridgehead atoms. The number of carbonyl (C=O) groups is 2. The minimum Gasteiger partial charge on any atom is -0.465 e. The van der Waals surface area contributed by atoms with Crippen molar-refractivity contribution in [2.24, 2.45) is 5.41 Å². The maximum atomic E-state index is 12.7. The summed E-state index contributed by atoms with van der Waals surface area (Å²) in [6, 6.07) is -0.912. The highest BCUT2D eigenvalue weighted by Crippen LogP contribution is 2.40. The molecule has 0 aromatic carbocycles. The molecule has 3 aliphatic rings. The minimum atomic E-state index is -4.35. The van der Waals surface area contributed by atoms with Gasteiger partial charge in [-0.15, -0.1) is 0 Å². The second kappa shape index (κ2) is 6.51. The van der Waals surface area contributed by atoms with Crippen molar-refractivity contribution in [1.82, 2.24) is 9.80 Å². The highest BCUT2D eigenvalue weighted by molar-refractivity contribution is 5.83. The number of rotatable bonds is 2. The van der Waals surface area contributed by atoms with Gasteiger partial charge in [0.25, 0.3) is 0 Å². The number of alkyl halides is 3. The van der Waals surface area contributed by atoms with Gasteiger partial charge in [-0.05, 0) is 19.3 Å². The SMILES string of the molecule is O=C(C1COCCN1CC(F)(F)F)N1CCC2(CCOC2=O)CC1. The summed E-state index contributed by atoms with van der Waals surface area (Å²) in [5.41, 5.74) is -0.508. The molecule has 0 radical (unpaired) electrons. The molecule has 0 N–H and O–H groups in total. The number of nitrogens with zero attached hydrogens (tertiary/aromatic N) is 2. The van der Waals surface area contributed by atoms with Gasteiger partial charge in [-0.2, -0.15) is 13.2 Å². The van der Waals surface area contributed by atoms with Crippen molar-refractivity contribution in [1.29, 1.82) is 0 Å². The first kappa shape index (κ1) is 17.5. The van der Waals surface area contributed by atoms with Crippen LogP contribution in [0.5, 0.6) is 0 Å². The fraction of sp³-hybridized carbons (Fsp3) is 0.867. The third kappa shape index (κ3) is 3.51. The van der Waals surface area contributed by atoms with Crippen molar-refractivity contribution in [2.75, 3.05) is 46.0 Å². The summed E-state index contributed by atoms with van der Waals surface area (Å²) in [7, 11) is 0. The molecule has 1 spiro atoms. The molecule has 24 heavy (non-hydrogen) atoms. The van der Waals surface area contributed by atoms with Crippen molar-refractivity contribution in [2.45, 2.75) is 31.5 Å². The van der Waals surface area contributed by atoms with E-state index in [1.54, 1.807) is 4.90 Å². The summed E-state index contributed by atoms with van der Waals surface area (Å²) in [6.45, 7) is 0.265. The summed E-state index contributed by atoms with van der Waals surface area (Å²) >= 11 is 0. The Morgan fingerprint density at radius 2 is 1.88 bits per heavy atom. The highest BCUT2D eigenvalue weighted by Gasteiger charge is 2.48. The number of carbonyl (C=O) groups excluding carboxylic acids is 2. The molecule has 9 heteroatoms. The molecule has 6 nitrogen and oxygen atoms in total. The molecule has 0 aromatic heterocycles. The van der Waals surface area contributed by atoms with Crippen molar-refractivity contribution < 1.29 is 32.2 Å². The van der Waals surface area contributed by atoms with Gasteiger partial charge in [-0.25, -0.2) is 0 Å². The largest absolute Gasteiger partial charge is 0.465 e. The molecular formula is C15H21F3N2O4. The summed E-state index contributed by atoms with van der Waals surface area (Å²) in [5.74, 6) is -0.561. The number of esters is 1. The molecule has 1 unspecified atom stereocenters. The maximum absolute atomic E-state index is 12.7. The van der Waals surface area contributed by atoms with Crippen LogP contribution in [0.15, 0.2) is 0 Å². The zero-order valence-corrected chi connectivity index (χ0v) is 13.3. The van der Waals surface area contributed by atoms with E-state index >= 15 is 0 Å². The highest BCUT2D eigenvalue weighted by atomic mass is 19.4. The lowest BCUT2D eigenvalue weighted by Gasteiger charge is -2.41. The van der Waals surface area contributed by atoms with Crippen LogP contribution >= 0.6 is 0 Å². The zero-order chi connectivity index (χ0) is 17.4. The Hall–Kier alpha value is -1.35. The van der Waals surface area contributed by atoms with Gasteiger partial charge in [-0.1, -0.05) is 0 Å². The number of cyclic esters (lactones) is 1. The number of likely N-dealkylation sites (tertiary alicyclic amines) is 1. The van der Waals surface area contributed by atoms with E-state index in [4.69, 9.17) is 9.47 Å². The van der Waals surface area contributed by atoms with Gasteiger partial charge in [0.2, 0.25) is 5.91 Å². The van der Waals surface area contributed by atoms with E-state index in [2.05, 4.69) is 0 Å². The topological polar surface area (TPSA) is 59.1 Å². The van der Waals surface area contributed by atoms with Gasteiger partial charge in [0, 0.05) is 19.6 Å². The van der Waals surface area contributed by atoms with Crippen LogP contribution in [0.2, 0.25) is 0 Å². The minimum absolute atomic E-state index is 0.0292. The van der Waals surface area contributed by atoms with Crippen LogP contribution < -0.4 is 0 Å². The average Bonchev–Trinajstić information content (AvgIpc) is 2.87. The van der Waals surface area contributed by atoms with Crippen molar-refractivity contribution >= 4 is 11.9 Å². The molecule has 3 rings (SSSR count). The molecule has 0 saturated carbocycles. The summed E-state index contributed by atoms with van der Waals surface area (Å²) in [5, 5.41) is 0. The van der Waals surface area contributed by atoms with Crippen LogP contribution in [0.1, 0.15) is 19.3 Å². The molecule has 3 fully saturated rings. The van der Waals surface area contributed by atoms with Gasteiger partial charge >= 0.3 is 12.1 Å². The summed E-state index contributed by atoms with van der Waals surface area (Å²) < 4.78 is 48.4. The van der Waals surface area contributed by atoms with E-state index in [0.717, 1.165) is 4.90 Å². The number of piperidine rings is 1. The maximum Gasteiger partial charge on any atom is 0.401 e. The van der Waals surface area contributed by atoms with Crippen LogP contribution in [0, 0.1) is 5.41 Å². The molecular weight excluding hydrogens is 329 g/mol. The standard InChI is InChI=1S/C15H21F3N2O4/c16-15(17,18)10-20-6-8-23-9-11(20)12(21)19-4-1-14(2-5-19)3-7-24-13(14)22/h11H,1-10H2. The molecule has 136 valence electrons. The first-order valence-electron chi connectivity index (χ1n) is 8.15. The van der Waals surface area contributed by atoms with Crippen molar-refractivity contribution in [3.63, 3.8) is 0 Å². The van der Waals surface area contributed by atoms with Crippen LogP contribution in [0.4, 0.5) is 13.2 Å². The van der Waals surface area contributed by atoms with Crippen molar-refractivity contribution in [3.8, 4) is 0 Å². The first-order valence-corrected chi connectivity index (χ1v) is 8.15. The van der Waals surface area contributed by atoms with Crippen LogP contribution in [-0.2, 0) is 19.1 Å². The van der Waals surface area contributed by atoms with E-state index in [1.807, 2.05) is 0 Å². The fourth-order valence-corrected chi connectivity index (χ4v) is 3.70. The fourth-order valence-electron chi connectivity index (χ4n) is 3.70. The summed E-state index contributed by atoms with van der Waals surface area (Å²) in [4.78, 5) is 27.2. The predicted molar refractivity (Wildman–Crippen MR) is 76.1 cm³/mol. The van der Waals surface area contributed by atoms with Crippen LogP contribution in [-0.4, -0.2) is 79.9 Å². The normalized spacial score (nSPS) is 28.2. The van der Waals surface area contributed by atoms with Gasteiger partial charge in [0.15, 0.2) is 0 Å². The number of morpholine rings is 1. The molecule has 3 aliphatic heterocycles. The van der Waals surface area contributed by atoms with Crippen LogP contribution in [0.3, 0.4) is 0 Å². The number of hydrogen-bond acceptors (Lipinski definition) is 5. The van der Waals surface area contributed by atoms with Crippen LogP contribution in [0.25, 0.3) is 0 Å². The zero-order valence-electron chi connectivity index (χ0n) is 13.3. The van der Waals surface area contributed by atoms with Gasteiger partial charge < -0.3 is 14.4 Å². The molecule has 1 amide bonds. The van der Waals surface area contributed by atoms with E-state index in [0.29, 0.717) is 39.0 Å². The third-order valence-corrected chi connectivity index (χ3v) is 5.19. The second-order valence-corrected chi connectivity index (χ2v) is 6.67. The molecule has 1 atom stereocenters. The molecule has 0 aliphatic carbocycles. The van der Waals surface area contributed by atoms with E-state index in [-0.39, 0.29) is 31.6 Å². The number of ether oxygens (including phenoxy) is 2. The Morgan fingerprint density at radius 3 is 2.46 bits per heavy atom. The van der Waals surface area contributed by atoms with E-state index in [1.165, 1.54) is 0 Å². The lowest BCUT2D eigenvalue weighted by atomic mass is 9.77. The lowest BCUT2D eigenvalue weighted by Crippen LogP contribution is -2.58. The molecule has 3 saturated heterocycles. The average molecular weight is 350 g/mol. The summed E-state index contributed by atoms with van der Waals surface area (Å²) in [6.07, 6.45) is -2.69. The van der Waals surface area contributed by atoms with E-state index in [9.17, 15) is 22.8 Å². The van der Waals surface area contributed by atoms with Crippen molar-refractivity contribution in [3.05, 3.63) is 0 Å². The lowest BCUT2D eigenvalue weighted by molar-refractivity contribution is -0.172. The quantitative estimate of drug-likeness (QED) is 0.690. The Balaban J connectivity index is 1.62. The first-order chi connectivity index (χ1) is 11.3. The Labute approximate surface area is 137 Å². The smallest absolute Gasteiger partial charge is 0.401 e. The van der Waals surface area contributed by atoms with Gasteiger partial charge in [0.05, 0.1) is 31.8 Å². The Morgan fingerprint density at radius 1 is 1.17 bits per heavy atom. The molecule has 0 aromatic rings. The van der Waals surface area contributed by atoms with Gasteiger partial charge in [0.1, 0.15) is 6.04 Å². The predicted octanol–water partition coefficient (Wildman–Crippen LogP) is 0.805. The van der Waals surface area contributed by atoms with E-state index < -0.39 is 24.2 Å². The number of amides is 1. The Kier molecular flexibility index (Phi) is 4.74. The monoisotopic (exact) mass is 350 g/mol. The molecule has 3 heterocycles. The Bertz CT molecular complexity index is 503.